The summed E-state index contributed by atoms with van der Waals surface area (Å²) >= 11 is 1.57. The van der Waals surface area contributed by atoms with E-state index in [-0.39, 0.29) is 5.91 Å². The Morgan fingerprint density at radius 1 is 1.21 bits per heavy atom. The van der Waals surface area contributed by atoms with Crippen molar-refractivity contribution in [2.45, 2.75) is 25.3 Å². The number of hydrogen-bond acceptors (Lipinski definition) is 5. The standard InChI is InChI=1S/C21H18N4O2S/c26-20(22-12-15-13-27-21(23-15)19-7-4-10-28-19)18-11-17(14-8-9-14)24-25(18)16-5-2-1-3-6-16/h1-7,10-11,13-14H,8-9,12H2,(H,22,26). The smallest absolute Gasteiger partial charge is 0.270 e. The van der Waals surface area contributed by atoms with Crippen LogP contribution in [0.5, 0.6) is 0 Å². The lowest BCUT2D eigenvalue weighted by molar-refractivity contribution is 0.0942. The summed E-state index contributed by atoms with van der Waals surface area (Å²) in [5, 5.41) is 9.59. The van der Waals surface area contributed by atoms with Crippen LogP contribution in [0.25, 0.3) is 16.5 Å². The maximum atomic E-state index is 12.9. The van der Waals surface area contributed by atoms with Crippen LogP contribution < -0.4 is 5.32 Å². The van der Waals surface area contributed by atoms with Crippen LogP contribution in [0.3, 0.4) is 0 Å². The third kappa shape index (κ3) is 3.36. The van der Waals surface area contributed by atoms with Crippen molar-refractivity contribution >= 4 is 17.2 Å². The second kappa shape index (κ2) is 7.09. The van der Waals surface area contributed by atoms with Crippen molar-refractivity contribution in [2.75, 3.05) is 0 Å². The van der Waals surface area contributed by atoms with Gasteiger partial charge in [-0.3, -0.25) is 4.79 Å². The number of thiophene rings is 1. The molecular formula is C21H18N4O2S. The Balaban J connectivity index is 1.35. The number of aromatic nitrogens is 3. The fraction of sp³-hybridized carbons (Fsp3) is 0.190. The van der Waals surface area contributed by atoms with Gasteiger partial charge in [0.25, 0.3) is 5.91 Å². The van der Waals surface area contributed by atoms with Gasteiger partial charge in [0.05, 0.1) is 28.5 Å². The zero-order chi connectivity index (χ0) is 18.9. The Labute approximate surface area is 165 Å². The second-order valence-corrected chi connectivity index (χ2v) is 7.73. The Bertz CT molecular complexity index is 1090. The summed E-state index contributed by atoms with van der Waals surface area (Å²) < 4.78 is 7.24. The molecule has 0 unspecified atom stereocenters. The molecule has 28 heavy (non-hydrogen) atoms. The maximum absolute atomic E-state index is 12.9. The van der Waals surface area contributed by atoms with Crippen LogP contribution in [0, 0.1) is 0 Å². The van der Waals surface area contributed by atoms with Crippen molar-refractivity contribution in [3.05, 3.63) is 77.3 Å². The number of para-hydroxylation sites is 1. The molecule has 140 valence electrons. The van der Waals surface area contributed by atoms with E-state index >= 15 is 0 Å². The number of nitrogens with one attached hydrogen (secondary N) is 1. The largest absolute Gasteiger partial charge is 0.443 e. The first-order chi connectivity index (χ1) is 13.8. The highest BCUT2D eigenvalue weighted by Gasteiger charge is 2.29. The molecule has 6 nitrogen and oxygen atoms in total. The summed E-state index contributed by atoms with van der Waals surface area (Å²) in [5.41, 5.74) is 3.08. The van der Waals surface area contributed by atoms with Crippen LogP contribution in [-0.4, -0.2) is 20.7 Å². The molecule has 3 heterocycles. The number of hydrogen-bond donors (Lipinski definition) is 1. The van der Waals surface area contributed by atoms with Crippen molar-refractivity contribution in [1.29, 1.82) is 0 Å². The summed E-state index contributed by atoms with van der Waals surface area (Å²) in [5.74, 6) is 0.869. The molecule has 1 aromatic carbocycles. The van der Waals surface area contributed by atoms with Crippen molar-refractivity contribution in [3.63, 3.8) is 0 Å². The van der Waals surface area contributed by atoms with Crippen LogP contribution in [0.4, 0.5) is 0 Å². The molecule has 7 heteroatoms. The summed E-state index contributed by atoms with van der Waals surface area (Å²) in [6.07, 6.45) is 3.86. The molecule has 0 saturated heterocycles. The third-order valence-corrected chi connectivity index (χ3v) is 5.53. The van der Waals surface area contributed by atoms with Crippen LogP contribution in [0.15, 0.2) is 64.6 Å². The molecule has 1 amide bonds. The molecule has 1 fully saturated rings. The molecule has 0 aliphatic heterocycles. The number of amides is 1. The van der Waals surface area contributed by atoms with E-state index in [2.05, 4.69) is 15.4 Å². The lowest BCUT2D eigenvalue weighted by atomic mass is 10.2. The SMILES string of the molecule is O=C(NCc1coc(-c2cccs2)n1)c1cc(C2CC2)nn1-c1ccccc1. The maximum Gasteiger partial charge on any atom is 0.270 e. The average Bonchev–Trinajstić information content (AvgIpc) is 3.16. The Morgan fingerprint density at radius 3 is 2.82 bits per heavy atom. The van der Waals surface area contributed by atoms with E-state index in [0.29, 0.717) is 29.7 Å². The zero-order valence-electron chi connectivity index (χ0n) is 15.0. The molecule has 1 aliphatic carbocycles. The Kier molecular flexibility index (Phi) is 4.29. The van der Waals surface area contributed by atoms with Gasteiger partial charge in [-0.2, -0.15) is 5.10 Å². The van der Waals surface area contributed by atoms with Gasteiger partial charge in [0, 0.05) is 5.92 Å². The number of rotatable bonds is 6. The minimum absolute atomic E-state index is 0.177. The number of carbonyl (C=O) groups is 1. The van der Waals surface area contributed by atoms with Crippen molar-refractivity contribution in [3.8, 4) is 16.5 Å². The fourth-order valence-corrected chi connectivity index (χ4v) is 3.72. The highest BCUT2D eigenvalue weighted by Crippen LogP contribution is 2.39. The summed E-state index contributed by atoms with van der Waals surface area (Å²) in [7, 11) is 0. The van der Waals surface area contributed by atoms with Gasteiger partial charge in [-0.25, -0.2) is 9.67 Å². The molecular weight excluding hydrogens is 372 g/mol. The topological polar surface area (TPSA) is 73.0 Å². The van der Waals surface area contributed by atoms with Crippen molar-refractivity contribution in [2.24, 2.45) is 0 Å². The highest BCUT2D eigenvalue weighted by molar-refractivity contribution is 7.13. The predicted molar refractivity (Wildman–Crippen MR) is 107 cm³/mol. The third-order valence-electron chi connectivity index (χ3n) is 4.67. The molecule has 0 spiro atoms. The normalized spacial score (nSPS) is 13.6. The van der Waals surface area contributed by atoms with Gasteiger partial charge in [-0.05, 0) is 42.5 Å². The Hall–Kier alpha value is -3.19. The number of carbonyl (C=O) groups excluding carboxylic acids is 1. The minimum atomic E-state index is -0.177. The number of nitrogens with zero attached hydrogens (tertiary/aromatic N) is 3. The van der Waals surface area contributed by atoms with E-state index in [0.717, 1.165) is 29.1 Å². The molecule has 3 aromatic heterocycles. The van der Waals surface area contributed by atoms with Crippen LogP contribution in [-0.2, 0) is 6.54 Å². The second-order valence-electron chi connectivity index (χ2n) is 6.78. The first kappa shape index (κ1) is 16.9. The van der Waals surface area contributed by atoms with E-state index in [9.17, 15) is 4.79 Å². The molecule has 0 atom stereocenters. The van der Waals surface area contributed by atoms with Gasteiger partial charge in [-0.1, -0.05) is 24.3 Å². The van der Waals surface area contributed by atoms with Crippen molar-refractivity contribution < 1.29 is 9.21 Å². The molecule has 1 N–H and O–H groups in total. The van der Waals surface area contributed by atoms with E-state index in [4.69, 9.17) is 4.42 Å². The summed E-state index contributed by atoms with van der Waals surface area (Å²) in [6, 6.07) is 15.5. The first-order valence-corrected chi connectivity index (χ1v) is 10.1. The summed E-state index contributed by atoms with van der Waals surface area (Å²) in [6.45, 7) is 0.298. The lowest BCUT2D eigenvalue weighted by Crippen LogP contribution is -2.25. The van der Waals surface area contributed by atoms with Crippen LogP contribution in [0.1, 0.15) is 40.6 Å². The molecule has 0 bridgehead atoms. The lowest BCUT2D eigenvalue weighted by Gasteiger charge is -2.07. The average molecular weight is 390 g/mol. The Morgan fingerprint density at radius 2 is 2.07 bits per heavy atom. The van der Waals surface area contributed by atoms with E-state index in [1.807, 2.05) is 53.9 Å². The van der Waals surface area contributed by atoms with Crippen molar-refractivity contribution in [1.82, 2.24) is 20.1 Å². The number of oxazole rings is 1. The fourth-order valence-electron chi connectivity index (χ4n) is 3.07. The van der Waals surface area contributed by atoms with Gasteiger partial charge < -0.3 is 9.73 Å². The molecule has 1 saturated carbocycles. The molecule has 5 rings (SSSR count). The predicted octanol–water partition coefficient (Wildman–Crippen LogP) is 4.40. The first-order valence-electron chi connectivity index (χ1n) is 9.20. The zero-order valence-corrected chi connectivity index (χ0v) is 15.9. The molecule has 1 aliphatic rings. The van der Waals surface area contributed by atoms with Gasteiger partial charge in [0.2, 0.25) is 5.89 Å². The highest BCUT2D eigenvalue weighted by atomic mass is 32.1. The van der Waals surface area contributed by atoms with Gasteiger partial charge in [0.1, 0.15) is 12.0 Å². The summed E-state index contributed by atoms with van der Waals surface area (Å²) in [4.78, 5) is 18.3. The number of benzene rings is 1. The minimum Gasteiger partial charge on any atom is -0.443 e. The quantitative estimate of drug-likeness (QED) is 0.530. The van der Waals surface area contributed by atoms with Gasteiger partial charge >= 0.3 is 0 Å². The molecule has 0 radical (unpaired) electrons. The van der Waals surface area contributed by atoms with E-state index in [1.54, 1.807) is 22.3 Å². The van der Waals surface area contributed by atoms with Gasteiger partial charge in [0.15, 0.2) is 0 Å². The van der Waals surface area contributed by atoms with Gasteiger partial charge in [-0.15, -0.1) is 11.3 Å². The van der Waals surface area contributed by atoms with Crippen LogP contribution >= 0.6 is 11.3 Å². The molecule has 4 aromatic rings. The van der Waals surface area contributed by atoms with E-state index in [1.165, 1.54) is 0 Å². The van der Waals surface area contributed by atoms with Crippen LogP contribution in [0.2, 0.25) is 0 Å². The van der Waals surface area contributed by atoms with E-state index < -0.39 is 0 Å². The monoisotopic (exact) mass is 390 g/mol.